The van der Waals surface area contributed by atoms with Crippen molar-refractivity contribution >= 4 is 23.3 Å². The van der Waals surface area contributed by atoms with Gasteiger partial charge in [-0.25, -0.2) is 0 Å². The molecule has 0 saturated heterocycles. The standard InChI is InChI=1S/C20H28N2O3/c1-14(23)15-7-9-16(10-8-15)21-18(25)20(11-5-6-12-20)13-17(24)22-19(2,3)4/h7-10H,5-6,11-13H2,1-4H3,(H,21,25)(H,22,24). The average Bonchev–Trinajstić information content (AvgIpc) is 2.95. The van der Waals surface area contributed by atoms with Crippen molar-refractivity contribution in [3.05, 3.63) is 29.8 Å². The molecule has 0 aromatic heterocycles. The Kier molecular flexibility index (Phi) is 5.65. The number of anilines is 1. The minimum Gasteiger partial charge on any atom is -0.351 e. The quantitative estimate of drug-likeness (QED) is 0.800. The molecule has 1 saturated carbocycles. The highest BCUT2D eigenvalue weighted by Gasteiger charge is 2.43. The van der Waals surface area contributed by atoms with Crippen LogP contribution in [0.4, 0.5) is 5.69 Å². The highest BCUT2D eigenvalue weighted by atomic mass is 16.2. The third kappa shape index (κ3) is 5.15. The maximum absolute atomic E-state index is 12.9. The van der Waals surface area contributed by atoms with E-state index < -0.39 is 5.41 Å². The smallest absolute Gasteiger partial charge is 0.231 e. The molecule has 1 aliphatic carbocycles. The van der Waals surface area contributed by atoms with E-state index in [0.29, 0.717) is 11.3 Å². The average molecular weight is 344 g/mol. The zero-order chi connectivity index (χ0) is 18.7. The van der Waals surface area contributed by atoms with Gasteiger partial charge in [-0.1, -0.05) is 12.8 Å². The molecule has 2 rings (SSSR count). The number of Topliss-reactive ketones (excluding diaryl/α,β-unsaturated/α-hetero) is 1. The van der Waals surface area contributed by atoms with Gasteiger partial charge in [0, 0.05) is 23.2 Å². The Balaban J connectivity index is 2.09. The predicted molar refractivity (Wildman–Crippen MR) is 98.5 cm³/mol. The van der Waals surface area contributed by atoms with Crippen molar-refractivity contribution in [2.45, 2.75) is 65.3 Å². The molecular weight excluding hydrogens is 316 g/mol. The number of rotatable bonds is 5. The first-order chi connectivity index (χ1) is 11.6. The van der Waals surface area contributed by atoms with Crippen LogP contribution in [0.3, 0.4) is 0 Å². The number of carbonyl (C=O) groups is 3. The normalized spacial score (nSPS) is 16.3. The van der Waals surface area contributed by atoms with E-state index in [1.165, 1.54) is 6.92 Å². The van der Waals surface area contributed by atoms with Crippen LogP contribution in [0, 0.1) is 5.41 Å². The Bertz CT molecular complexity index is 651. The summed E-state index contributed by atoms with van der Waals surface area (Å²) in [5.41, 5.74) is 0.306. The molecule has 1 aromatic rings. The van der Waals surface area contributed by atoms with Gasteiger partial charge in [0.15, 0.2) is 5.78 Å². The lowest BCUT2D eigenvalue weighted by Crippen LogP contribution is -2.45. The van der Waals surface area contributed by atoms with E-state index in [2.05, 4.69) is 10.6 Å². The Morgan fingerprint density at radius 3 is 2.08 bits per heavy atom. The van der Waals surface area contributed by atoms with Crippen molar-refractivity contribution < 1.29 is 14.4 Å². The zero-order valence-corrected chi connectivity index (χ0v) is 15.6. The molecule has 136 valence electrons. The minimum atomic E-state index is -0.644. The van der Waals surface area contributed by atoms with Crippen LogP contribution >= 0.6 is 0 Å². The van der Waals surface area contributed by atoms with Gasteiger partial charge in [0.2, 0.25) is 11.8 Å². The monoisotopic (exact) mass is 344 g/mol. The summed E-state index contributed by atoms with van der Waals surface area (Å²) < 4.78 is 0. The molecule has 0 unspecified atom stereocenters. The number of hydrogen-bond acceptors (Lipinski definition) is 3. The van der Waals surface area contributed by atoms with Crippen molar-refractivity contribution in [1.82, 2.24) is 5.32 Å². The first-order valence-corrected chi connectivity index (χ1v) is 8.85. The van der Waals surface area contributed by atoms with Gasteiger partial charge in [-0.05, 0) is 64.8 Å². The summed E-state index contributed by atoms with van der Waals surface area (Å²) in [5.74, 6) is -0.204. The molecule has 0 atom stereocenters. The summed E-state index contributed by atoms with van der Waals surface area (Å²) in [5, 5.41) is 5.88. The van der Waals surface area contributed by atoms with E-state index in [-0.39, 0.29) is 29.6 Å². The molecular formula is C20H28N2O3. The van der Waals surface area contributed by atoms with E-state index >= 15 is 0 Å². The molecule has 25 heavy (non-hydrogen) atoms. The van der Waals surface area contributed by atoms with E-state index in [9.17, 15) is 14.4 Å². The molecule has 0 aliphatic heterocycles. The van der Waals surface area contributed by atoms with E-state index in [1.54, 1.807) is 24.3 Å². The molecule has 1 aliphatic rings. The number of benzene rings is 1. The minimum absolute atomic E-state index is 0.0102. The van der Waals surface area contributed by atoms with Crippen LogP contribution in [0.15, 0.2) is 24.3 Å². The number of hydrogen-bond donors (Lipinski definition) is 2. The first-order valence-electron chi connectivity index (χ1n) is 8.85. The van der Waals surface area contributed by atoms with Gasteiger partial charge < -0.3 is 10.6 Å². The van der Waals surface area contributed by atoms with Crippen LogP contribution in [0.2, 0.25) is 0 Å². The lowest BCUT2D eigenvalue weighted by molar-refractivity contribution is -0.133. The summed E-state index contributed by atoms with van der Waals surface area (Å²) in [6.45, 7) is 7.31. The van der Waals surface area contributed by atoms with Crippen LogP contribution in [-0.4, -0.2) is 23.1 Å². The summed E-state index contributed by atoms with van der Waals surface area (Å²) in [6, 6.07) is 6.86. The number of nitrogens with one attached hydrogen (secondary N) is 2. The molecule has 0 bridgehead atoms. The summed E-state index contributed by atoms with van der Waals surface area (Å²) in [6.07, 6.45) is 3.57. The lowest BCUT2D eigenvalue weighted by Gasteiger charge is -2.29. The van der Waals surface area contributed by atoms with Crippen LogP contribution in [0.5, 0.6) is 0 Å². The number of carbonyl (C=O) groups excluding carboxylic acids is 3. The summed E-state index contributed by atoms with van der Waals surface area (Å²) in [7, 11) is 0. The fourth-order valence-corrected chi connectivity index (χ4v) is 3.36. The fraction of sp³-hybridized carbons (Fsp3) is 0.550. The largest absolute Gasteiger partial charge is 0.351 e. The van der Waals surface area contributed by atoms with Crippen molar-refractivity contribution in [2.24, 2.45) is 5.41 Å². The van der Waals surface area contributed by atoms with Crippen molar-refractivity contribution in [2.75, 3.05) is 5.32 Å². The van der Waals surface area contributed by atoms with Crippen LogP contribution < -0.4 is 10.6 Å². The number of ketones is 1. The lowest BCUT2D eigenvalue weighted by atomic mass is 9.81. The molecule has 0 spiro atoms. The highest BCUT2D eigenvalue weighted by Crippen LogP contribution is 2.42. The number of amides is 2. The maximum atomic E-state index is 12.9. The SMILES string of the molecule is CC(=O)c1ccc(NC(=O)C2(CC(=O)NC(C)(C)C)CCCC2)cc1. The fourth-order valence-electron chi connectivity index (χ4n) is 3.36. The van der Waals surface area contributed by atoms with Crippen molar-refractivity contribution in [1.29, 1.82) is 0 Å². The molecule has 1 aromatic carbocycles. The van der Waals surface area contributed by atoms with E-state index in [4.69, 9.17) is 0 Å². The van der Waals surface area contributed by atoms with Crippen molar-refractivity contribution in [3.63, 3.8) is 0 Å². The summed E-state index contributed by atoms with van der Waals surface area (Å²) in [4.78, 5) is 36.6. The first kappa shape index (κ1) is 19.2. The Morgan fingerprint density at radius 1 is 1.04 bits per heavy atom. The van der Waals surface area contributed by atoms with Gasteiger partial charge >= 0.3 is 0 Å². The van der Waals surface area contributed by atoms with Gasteiger partial charge in [-0.2, -0.15) is 0 Å². The highest BCUT2D eigenvalue weighted by molar-refractivity contribution is 5.99. The second-order valence-corrected chi connectivity index (χ2v) is 8.05. The van der Waals surface area contributed by atoms with E-state index in [1.807, 2.05) is 20.8 Å². The van der Waals surface area contributed by atoms with Crippen molar-refractivity contribution in [3.8, 4) is 0 Å². The molecule has 0 radical (unpaired) electrons. The molecule has 0 heterocycles. The Hall–Kier alpha value is -2.17. The van der Waals surface area contributed by atoms with Gasteiger partial charge in [0.1, 0.15) is 0 Å². The van der Waals surface area contributed by atoms with Crippen LogP contribution in [0.25, 0.3) is 0 Å². The molecule has 2 N–H and O–H groups in total. The predicted octanol–water partition coefficient (Wildman–Crippen LogP) is 3.69. The van der Waals surface area contributed by atoms with E-state index in [0.717, 1.165) is 25.7 Å². The van der Waals surface area contributed by atoms with Gasteiger partial charge in [-0.15, -0.1) is 0 Å². The Labute approximate surface area is 149 Å². The summed E-state index contributed by atoms with van der Waals surface area (Å²) >= 11 is 0. The van der Waals surface area contributed by atoms with Crippen LogP contribution in [-0.2, 0) is 9.59 Å². The molecule has 1 fully saturated rings. The third-order valence-corrected chi connectivity index (χ3v) is 4.60. The third-order valence-electron chi connectivity index (χ3n) is 4.60. The molecule has 5 nitrogen and oxygen atoms in total. The van der Waals surface area contributed by atoms with Gasteiger partial charge in [-0.3, -0.25) is 14.4 Å². The van der Waals surface area contributed by atoms with Gasteiger partial charge in [0.05, 0.1) is 5.41 Å². The van der Waals surface area contributed by atoms with Gasteiger partial charge in [0.25, 0.3) is 0 Å². The molecule has 2 amide bonds. The zero-order valence-electron chi connectivity index (χ0n) is 15.6. The Morgan fingerprint density at radius 2 is 1.60 bits per heavy atom. The second kappa shape index (κ2) is 7.38. The topological polar surface area (TPSA) is 75.3 Å². The maximum Gasteiger partial charge on any atom is 0.231 e. The van der Waals surface area contributed by atoms with Crippen LogP contribution in [0.1, 0.15) is 70.2 Å². The second-order valence-electron chi connectivity index (χ2n) is 8.05. The molecule has 5 heteroatoms.